The molecule has 2 amide bonds. The lowest BCUT2D eigenvalue weighted by molar-refractivity contribution is -0.858. The summed E-state index contributed by atoms with van der Waals surface area (Å²) >= 11 is 0. The minimum absolute atomic E-state index is 0.0427. The van der Waals surface area contributed by atoms with Crippen LogP contribution in [-0.2, 0) is 9.59 Å². The van der Waals surface area contributed by atoms with E-state index in [9.17, 15) is 9.59 Å². The summed E-state index contributed by atoms with van der Waals surface area (Å²) in [4.78, 5) is 26.9. The number of rotatable bonds is 8. The standard InChI is InChI=1S/C14H27N3O2/c1-4-5-9-17-11-12(10-13(17)18)14(19)15-7-6-8-16(2)3/h12H,4-11H2,1-3H3,(H,15,19)/p+1/t12-/m1/s1. The van der Waals surface area contributed by atoms with E-state index >= 15 is 0 Å². The molecule has 5 heteroatoms. The number of carbonyl (C=O) groups excluding carboxylic acids is 2. The van der Waals surface area contributed by atoms with Gasteiger partial charge in [-0.05, 0) is 6.42 Å². The summed E-state index contributed by atoms with van der Waals surface area (Å²) in [5, 5.41) is 2.95. The molecular formula is C14H28N3O2+. The predicted molar refractivity (Wildman–Crippen MR) is 74.9 cm³/mol. The number of carbonyl (C=O) groups is 2. The van der Waals surface area contributed by atoms with Crippen LogP contribution in [0.5, 0.6) is 0 Å². The van der Waals surface area contributed by atoms with Gasteiger partial charge in [-0.2, -0.15) is 0 Å². The Balaban J connectivity index is 2.25. The van der Waals surface area contributed by atoms with Crippen molar-refractivity contribution in [2.75, 3.05) is 40.3 Å². The lowest BCUT2D eigenvalue weighted by Crippen LogP contribution is -3.05. The minimum Gasteiger partial charge on any atom is -0.356 e. The number of amides is 2. The van der Waals surface area contributed by atoms with Crippen molar-refractivity contribution in [2.24, 2.45) is 5.92 Å². The van der Waals surface area contributed by atoms with E-state index in [1.165, 1.54) is 4.90 Å². The van der Waals surface area contributed by atoms with Crippen molar-refractivity contribution in [1.29, 1.82) is 0 Å². The summed E-state index contributed by atoms with van der Waals surface area (Å²) in [6.45, 7) is 5.26. The van der Waals surface area contributed by atoms with Crippen LogP contribution < -0.4 is 10.2 Å². The zero-order valence-corrected chi connectivity index (χ0v) is 12.5. The third-order valence-corrected chi connectivity index (χ3v) is 3.52. The Morgan fingerprint density at radius 1 is 1.42 bits per heavy atom. The largest absolute Gasteiger partial charge is 0.356 e. The number of nitrogens with one attached hydrogen (secondary N) is 2. The molecule has 1 fully saturated rings. The zero-order valence-electron chi connectivity index (χ0n) is 12.5. The summed E-state index contributed by atoms with van der Waals surface area (Å²) < 4.78 is 0. The summed E-state index contributed by atoms with van der Waals surface area (Å²) in [5.74, 6) is 0.0310. The first kappa shape index (κ1) is 16.0. The van der Waals surface area contributed by atoms with E-state index in [0.29, 0.717) is 19.5 Å². The van der Waals surface area contributed by atoms with E-state index in [-0.39, 0.29) is 17.7 Å². The van der Waals surface area contributed by atoms with Crippen molar-refractivity contribution in [3.05, 3.63) is 0 Å². The molecule has 0 radical (unpaired) electrons. The molecular weight excluding hydrogens is 242 g/mol. The number of nitrogens with zero attached hydrogens (tertiary/aromatic N) is 1. The van der Waals surface area contributed by atoms with Gasteiger partial charge in [0.05, 0.1) is 26.6 Å². The van der Waals surface area contributed by atoms with Crippen LogP contribution in [0.25, 0.3) is 0 Å². The average molecular weight is 270 g/mol. The first-order valence-electron chi connectivity index (χ1n) is 7.39. The van der Waals surface area contributed by atoms with Crippen LogP contribution >= 0.6 is 0 Å². The SMILES string of the molecule is CCCCN1C[C@H](C(=O)NCCC[NH+](C)C)CC1=O. The molecule has 1 saturated heterocycles. The van der Waals surface area contributed by atoms with E-state index in [4.69, 9.17) is 0 Å². The Bertz CT molecular complexity index is 305. The van der Waals surface area contributed by atoms with Gasteiger partial charge in [-0.1, -0.05) is 13.3 Å². The quantitative estimate of drug-likeness (QED) is 0.572. The Labute approximate surface area is 116 Å². The third kappa shape index (κ3) is 5.59. The Morgan fingerprint density at radius 3 is 2.79 bits per heavy atom. The highest BCUT2D eigenvalue weighted by molar-refractivity contribution is 5.89. The second-order valence-electron chi connectivity index (χ2n) is 5.70. The molecule has 19 heavy (non-hydrogen) atoms. The molecule has 1 aliphatic heterocycles. The highest BCUT2D eigenvalue weighted by atomic mass is 16.2. The Hall–Kier alpha value is -1.10. The van der Waals surface area contributed by atoms with Gasteiger partial charge in [0.25, 0.3) is 0 Å². The zero-order chi connectivity index (χ0) is 14.3. The van der Waals surface area contributed by atoms with Crippen LogP contribution in [0.15, 0.2) is 0 Å². The maximum Gasteiger partial charge on any atom is 0.225 e. The highest BCUT2D eigenvalue weighted by Gasteiger charge is 2.33. The van der Waals surface area contributed by atoms with Gasteiger partial charge in [0, 0.05) is 32.5 Å². The van der Waals surface area contributed by atoms with E-state index in [2.05, 4.69) is 26.3 Å². The van der Waals surface area contributed by atoms with Crippen molar-refractivity contribution in [3.8, 4) is 0 Å². The molecule has 0 aromatic carbocycles. The van der Waals surface area contributed by atoms with Gasteiger partial charge in [0.15, 0.2) is 0 Å². The van der Waals surface area contributed by atoms with Gasteiger partial charge >= 0.3 is 0 Å². The maximum absolute atomic E-state index is 12.0. The fourth-order valence-electron chi connectivity index (χ4n) is 2.31. The minimum atomic E-state index is -0.143. The van der Waals surface area contributed by atoms with Gasteiger partial charge < -0.3 is 15.1 Å². The van der Waals surface area contributed by atoms with E-state index in [0.717, 1.165) is 32.4 Å². The van der Waals surface area contributed by atoms with Crippen LogP contribution in [0, 0.1) is 5.92 Å². The molecule has 0 saturated carbocycles. The van der Waals surface area contributed by atoms with Crippen LogP contribution in [0.2, 0.25) is 0 Å². The predicted octanol–water partition coefficient (Wildman–Crippen LogP) is -0.714. The number of unbranched alkanes of at least 4 members (excludes halogenated alkanes) is 1. The van der Waals surface area contributed by atoms with Gasteiger partial charge in [-0.3, -0.25) is 9.59 Å². The summed E-state index contributed by atoms with van der Waals surface area (Å²) in [6, 6.07) is 0. The molecule has 1 rings (SSSR count). The normalized spacial score (nSPS) is 19.3. The molecule has 0 unspecified atom stereocenters. The molecule has 1 heterocycles. The first-order valence-corrected chi connectivity index (χ1v) is 7.39. The fraction of sp³-hybridized carbons (Fsp3) is 0.857. The number of likely N-dealkylation sites (tertiary alicyclic amines) is 1. The number of hydrogen-bond acceptors (Lipinski definition) is 2. The monoisotopic (exact) mass is 270 g/mol. The molecule has 0 aliphatic carbocycles. The van der Waals surface area contributed by atoms with Crippen molar-refractivity contribution in [2.45, 2.75) is 32.6 Å². The molecule has 1 atom stereocenters. The van der Waals surface area contributed by atoms with Gasteiger partial charge in [-0.15, -0.1) is 0 Å². The van der Waals surface area contributed by atoms with E-state index in [1.54, 1.807) is 0 Å². The van der Waals surface area contributed by atoms with Gasteiger partial charge in [0.1, 0.15) is 0 Å². The van der Waals surface area contributed by atoms with Crippen molar-refractivity contribution < 1.29 is 14.5 Å². The average Bonchev–Trinajstić information content (AvgIpc) is 2.73. The smallest absolute Gasteiger partial charge is 0.225 e. The maximum atomic E-state index is 12.0. The Morgan fingerprint density at radius 2 is 2.16 bits per heavy atom. The molecule has 110 valence electrons. The van der Waals surface area contributed by atoms with Gasteiger partial charge in [-0.25, -0.2) is 0 Å². The third-order valence-electron chi connectivity index (χ3n) is 3.52. The van der Waals surface area contributed by atoms with Crippen LogP contribution in [-0.4, -0.2) is 57.0 Å². The lowest BCUT2D eigenvalue weighted by Gasteiger charge is -2.16. The van der Waals surface area contributed by atoms with Crippen LogP contribution in [0.1, 0.15) is 32.6 Å². The number of quaternary nitrogens is 1. The van der Waals surface area contributed by atoms with Crippen molar-refractivity contribution in [3.63, 3.8) is 0 Å². The fourth-order valence-corrected chi connectivity index (χ4v) is 2.31. The lowest BCUT2D eigenvalue weighted by atomic mass is 10.1. The van der Waals surface area contributed by atoms with Crippen LogP contribution in [0.4, 0.5) is 0 Å². The number of hydrogen-bond donors (Lipinski definition) is 2. The molecule has 2 N–H and O–H groups in total. The molecule has 5 nitrogen and oxygen atoms in total. The molecule has 1 aliphatic rings. The van der Waals surface area contributed by atoms with E-state index < -0.39 is 0 Å². The highest BCUT2D eigenvalue weighted by Crippen LogP contribution is 2.18. The summed E-state index contributed by atoms with van der Waals surface area (Å²) in [5.41, 5.74) is 0. The molecule has 0 aromatic rings. The summed E-state index contributed by atoms with van der Waals surface area (Å²) in [6.07, 6.45) is 3.46. The second-order valence-corrected chi connectivity index (χ2v) is 5.70. The van der Waals surface area contributed by atoms with Crippen molar-refractivity contribution in [1.82, 2.24) is 10.2 Å². The van der Waals surface area contributed by atoms with E-state index in [1.807, 2.05) is 4.90 Å². The molecule has 0 bridgehead atoms. The van der Waals surface area contributed by atoms with Crippen molar-refractivity contribution >= 4 is 11.8 Å². The molecule has 0 spiro atoms. The van der Waals surface area contributed by atoms with Crippen LogP contribution in [0.3, 0.4) is 0 Å². The van der Waals surface area contributed by atoms with Gasteiger partial charge in [0.2, 0.25) is 11.8 Å². The molecule has 0 aromatic heterocycles. The second kappa shape index (κ2) is 8.15. The summed E-state index contributed by atoms with van der Waals surface area (Å²) in [7, 11) is 4.20. The topological polar surface area (TPSA) is 53.9 Å². The Kier molecular flexibility index (Phi) is 6.84. The first-order chi connectivity index (χ1) is 9.04.